The third-order valence-electron chi connectivity index (χ3n) is 4.27. The van der Waals surface area contributed by atoms with Gasteiger partial charge in [0.25, 0.3) is 0 Å². The molecule has 4 heteroatoms. The summed E-state index contributed by atoms with van der Waals surface area (Å²) in [5, 5.41) is 8.85. The zero-order chi connectivity index (χ0) is 15.1. The normalized spacial score (nSPS) is 21.1. The molecule has 0 amide bonds. The number of carbonyl (C=O) groups is 1. The van der Waals surface area contributed by atoms with Gasteiger partial charge in [0.1, 0.15) is 0 Å². The Hall–Kier alpha value is -1.39. The molecule has 2 rings (SSSR count). The highest BCUT2D eigenvalue weighted by Gasteiger charge is 2.27. The first-order valence-electron chi connectivity index (χ1n) is 7.70. The Kier molecular flexibility index (Phi) is 6.21. The van der Waals surface area contributed by atoms with Gasteiger partial charge in [0.15, 0.2) is 0 Å². The Morgan fingerprint density at radius 3 is 2.86 bits per heavy atom. The van der Waals surface area contributed by atoms with Crippen LogP contribution in [0.3, 0.4) is 0 Å². The second-order valence-electron chi connectivity index (χ2n) is 5.82. The molecule has 4 nitrogen and oxygen atoms in total. The second kappa shape index (κ2) is 8.15. The van der Waals surface area contributed by atoms with Crippen LogP contribution in [0.5, 0.6) is 0 Å². The first-order chi connectivity index (χ1) is 10.2. The number of rotatable bonds is 7. The van der Waals surface area contributed by atoms with Crippen molar-refractivity contribution in [2.24, 2.45) is 5.92 Å². The Balaban J connectivity index is 2.01. The van der Waals surface area contributed by atoms with E-state index < -0.39 is 5.97 Å². The molecule has 0 radical (unpaired) electrons. The number of carboxylic acid groups (broad SMARTS) is 1. The van der Waals surface area contributed by atoms with E-state index in [0.29, 0.717) is 12.5 Å². The van der Waals surface area contributed by atoms with Crippen molar-refractivity contribution in [1.29, 1.82) is 0 Å². The fourth-order valence-corrected chi connectivity index (χ4v) is 3.19. The highest BCUT2D eigenvalue weighted by Crippen LogP contribution is 2.29. The van der Waals surface area contributed by atoms with Crippen molar-refractivity contribution in [1.82, 2.24) is 4.90 Å². The van der Waals surface area contributed by atoms with Crippen molar-refractivity contribution in [2.45, 2.75) is 31.7 Å². The van der Waals surface area contributed by atoms with Crippen LogP contribution < -0.4 is 0 Å². The van der Waals surface area contributed by atoms with Crippen molar-refractivity contribution in [3.63, 3.8) is 0 Å². The molecule has 0 spiro atoms. The number of ether oxygens (including phenoxy) is 1. The summed E-state index contributed by atoms with van der Waals surface area (Å²) in [6.45, 7) is 2.71. The molecule has 21 heavy (non-hydrogen) atoms. The van der Waals surface area contributed by atoms with Crippen LogP contribution in [-0.2, 0) is 9.53 Å². The largest absolute Gasteiger partial charge is 0.481 e. The SMILES string of the molecule is COCC(c1ccccc1)N1CCCC(CCC(=O)O)C1. The molecular formula is C17H25NO3. The van der Waals surface area contributed by atoms with Gasteiger partial charge >= 0.3 is 5.97 Å². The molecule has 2 atom stereocenters. The van der Waals surface area contributed by atoms with Gasteiger partial charge in [-0.2, -0.15) is 0 Å². The number of piperidine rings is 1. The van der Waals surface area contributed by atoms with Gasteiger partial charge in [-0.15, -0.1) is 0 Å². The topological polar surface area (TPSA) is 49.8 Å². The van der Waals surface area contributed by atoms with Gasteiger partial charge in [-0.1, -0.05) is 30.3 Å². The second-order valence-corrected chi connectivity index (χ2v) is 5.82. The van der Waals surface area contributed by atoms with Gasteiger partial charge in [-0.3, -0.25) is 9.69 Å². The highest BCUT2D eigenvalue weighted by molar-refractivity contribution is 5.66. The molecule has 1 aromatic rings. The minimum Gasteiger partial charge on any atom is -0.481 e. The molecule has 2 unspecified atom stereocenters. The van der Waals surface area contributed by atoms with Crippen LogP contribution in [0.1, 0.15) is 37.3 Å². The predicted molar refractivity (Wildman–Crippen MR) is 82.2 cm³/mol. The number of carboxylic acids is 1. The van der Waals surface area contributed by atoms with Gasteiger partial charge in [-0.05, 0) is 37.3 Å². The molecule has 116 valence electrons. The van der Waals surface area contributed by atoms with Crippen LogP contribution in [0, 0.1) is 5.92 Å². The fraction of sp³-hybridized carbons (Fsp3) is 0.588. The van der Waals surface area contributed by atoms with Crippen molar-refractivity contribution in [2.75, 3.05) is 26.8 Å². The van der Waals surface area contributed by atoms with Gasteiger partial charge < -0.3 is 9.84 Å². The zero-order valence-electron chi connectivity index (χ0n) is 12.7. The summed E-state index contributed by atoms with van der Waals surface area (Å²) in [4.78, 5) is 13.2. The standard InChI is InChI=1S/C17H25NO3/c1-21-13-16(15-7-3-2-4-8-15)18-11-5-6-14(12-18)9-10-17(19)20/h2-4,7-8,14,16H,5-6,9-13H2,1H3,(H,19,20). The first-order valence-corrected chi connectivity index (χ1v) is 7.70. The van der Waals surface area contributed by atoms with Crippen molar-refractivity contribution in [3.8, 4) is 0 Å². The van der Waals surface area contributed by atoms with Crippen molar-refractivity contribution < 1.29 is 14.6 Å². The lowest BCUT2D eigenvalue weighted by Gasteiger charge is -2.38. The maximum atomic E-state index is 10.7. The Labute approximate surface area is 126 Å². The molecule has 0 saturated carbocycles. The summed E-state index contributed by atoms with van der Waals surface area (Å²) in [6.07, 6.45) is 3.33. The third kappa shape index (κ3) is 4.83. The van der Waals surface area contributed by atoms with E-state index in [9.17, 15) is 4.79 Å². The lowest BCUT2D eigenvalue weighted by molar-refractivity contribution is -0.137. The van der Waals surface area contributed by atoms with E-state index >= 15 is 0 Å². The van der Waals surface area contributed by atoms with Crippen LogP contribution in [0.25, 0.3) is 0 Å². The van der Waals surface area contributed by atoms with Gasteiger partial charge in [0.2, 0.25) is 0 Å². The van der Waals surface area contributed by atoms with E-state index in [4.69, 9.17) is 9.84 Å². The number of hydrogen-bond donors (Lipinski definition) is 1. The van der Waals surface area contributed by atoms with E-state index in [0.717, 1.165) is 32.4 Å². The van der Waals surface area contributed by atoms with E-state index in [2.05, 4.69) is 29.2 Å². The van der Waals surface area contributed by atoms with Gasteiger partial charge in [0, 0.05) is 20.1 Å². The van der Waals surface area contributed by atoms with Crippen LogP contribution in [-0.4, -0.2) is 42.8 Å². The molecule has 1 aromatic carbocycles. The van der Waals surface area contributed by atoms with Crippen LogP contribution in [0.4, 0.5) is 0 Å². The summed E-state index contributed by atoms with van der Waals surface area (Å²) < 4.78 is 5.41. The Morgan fingerprint density at radius 1 is 1.43 bits per heavy atom. The predicted octanol–water partition coefficient (Wildman–Crippen LogP) is 2.95. The maximum Gasteiger partial charge on any atom is 0.303 e. The molecular weight excluding hydrogens is 266 g/mol. The smallest absolute Gasteiger partial charge is 0.303 e. The maximum absolute atomic E-state index is 10.7. The van der Waals surface area contributed by atoms with Gasteiger partial charge in [0.05, 0.1) is 12.6 Å². The van der Waals surface area contributed by atoms with E-state index in [1.54, 1.807) is 7.11 Å². The summed E-state index contributed by atoms with van der Waals surface area (Å²) in [5.41, 5.74) is 1.28. The highest BCUT2D eigenvalue weighted by atomic mass is 16.5. The third-order valence-corrected chi connectivity index (χ3v) is 4.27. The van der Waals surface area contributed by atoms with Crippen LogP contribution >= 0.6 is 0 Å². The zero-order valence-corrected chi connectivity index (χ0v) is 12.7. The minimum atomic E-state index is -0.691. The van der Waals surface area contributed by atoms with Gasteiger partial charge in [-0.25, -0.2) is 0 Å². The Morgan fingerprint density at radius 2 is 2.19 bits per heavy atom. The molecule has 1 N–H and O–H groups in total. The van der Waals surface area contributed by atoms with E-state index in [-0.39, 0.29) is 12.5 Å². The summed E-state index contributed by atoms with van der Waals surface area (Å²) in [7, 11) is 1.74. The molecule has 1 aliphatic heterocycles. The number of aliphatic carboxylic acids is 1. The molecule has 1 saturated heterocycles. The molecule has 0 bridgehead atoms. The number of hydrogen-bond acceptors (Lipinski definition) is 3. The van der Waals surface area contributed by atoms with E-state index in [1.165, 1.54) is 5.56 Å². The summed E-state index contributed by atoms with van der Waals surface area (Å²) in [5.74, 6) is -0.207. The van der Waals surface area contributed by atoms with E-state index in [1.807, 2.05) is 6.07 Å². The van der Waals surface area contributed by atoms with Crippen molar-refractivity contribution in [3.05, 3.63) is 35.9 Å². The average molecular weight is 291 g/mol. The number of likely N-dealkylation sites (tertiary alicyclic amines) is 1. The molecule has 0 aromatic heterocycles. The lowest BCUT2D eigenvalue weighted by atomic mass is 9.91. The number of benzene rings is 1. The summed E-state index contributed by atoms with van der Waals surface area (Å²) in [6, 6.07) is 10.7. The quantitative estimate of drug-likeness (QED) is 0.839. The first kappa shape index (κ1) is 16.0. The van der Waals surface area contributed by atoms with Crippen LogP contribution in [0.2, 0.25) is 0 Å². The fourth-order valence-electron chi connectivity index (χ4n) is 3.19. The summed E-state index contributed by atoms with van der Waals surface area (Å²) >= 11 is 0. The molecule has 1 fully saturated rings. The molecule has 1 heterocycles. The Bertz CT molecular complexity index is 435. The molecule has 1 aliphatic rings. The monoisotopic (exact) mass is 291 g/mol. The average Bonchev–Trinajstić information content (AvgIpc) is 2.52. The number of methoxy groups -OCH3 is 1. The molecule has 0 aliphatic carbocycles. The lowest BCUT2D eigenvalue weighted by Crippen LogP contribution is -2.40. The van der Waals surface area contributed by atoms with Crippen molar-refractivity contribution >= 4 is 5.97 Å². The van der Waals surface area contributed by atoms with Crippen LogP contribution in [0.15, 0.2) is 30.3 Å². The number of nitrogens with zero attached hydrogens (tertiary/aromatic N) is 1. The minimum absolute atomic E-state index is 0.267.